The van der Waals surface area contributed by atoms with E-state index in [0.29, 0.717) is 19.4 Å². The minimum atomic E-state index is -1.17. The van der Waals surface area contributed by atoms with Gasteiger partial charge in [-0.3, -0.25) is 15.0 Å². The zero-order chi connectivity index (χ0) is 20.1. The van der Waals surface area contributed by atoms with E-state index in [1.54, 1.807) is 34.6 Å². The smallest absolute Gasteiger partial charge is 0.411 e. The van der Waals surface area contributed by atoms with Gasteiger partial charge >= 0.3 is 18.1 Å². The summed E-state index contributed by atoms with van der Waals surface area (Å²) >= 11 is 0. The Kier molecular flexibility index (Phi) is 7.41. The third kappa shape index (κ3) is 6.89. The average Bonchev–Trinajstić information content (AvgIpc) is 2.93. The van der Waals surface area contributed by atoms with Crippen LogP contribution in [0.1, 0.15) is 54.4 Å². The molecule has 26 heavy (non-hydrogen) atoms. The number of nitrogens with zero attached hydrogens (tertiary/aromatic N) is 1. The van der Waals surface area contributed by atoms with Crippen LogP contribution in [0.5, 0.6) is 0 Å². The molecule has 1 aliphatic rings. The van der Waals surface area contributed by atoms with Gasteiger partial charge in [-0.25, -0.2) is 14.4 Å². The van der Waals surface area contributed by atoms with Crippen LogP contribution in [0.3, 0.4) is 0 Å². The number of urea groups is 1. The van der Waals surface area contributed by atoms with Crippen molar-refractivity contribution < 1.29 is 28.7 Å². The fourth-order valence-corrected chi connectivity index (χ4v) is 2.37. The number of carbonyl (C=O) groups is 4. The number of esters is 1. The van der Waals surface area contributed by atoms with Crippen LogP contribution in [0.15, 0.2) is 0 Å². The third-order valence-corrected chi connectivity index (χ3v) is 3.47. The molecular weight excluding hydrogens is 342 g/mol. The highest BCUT2D eigenvalue weighted by molar-refractivity contribution is 5.97. The molecule has 0 aromatic rings. The van der Waals surface area contributed by atoms with E-state index in [4.69, 9.17) is 9.47 Å². The molecule has 1 saturated heterocycles. The lowest BCUT2D eigenvalue weighted by molar-refractivity contribution is -0.158. The number of carbonyl (C=O) groups excluding carboxylic acids is 4. The Balaban J connectivity index is 2.61. The van der Waals surface area contributed by atoms with E-state index < -0.39 is 41.7 Å². The second-order valence-electron chi connectivity index (χ2n) is 7.53. The highest BCUT2D eigenvalue weighted by Crippen LogP contribution is 2.22. The summed E-state index contributed by atoms with van der Waals surface area (Å²) in [6.45, 7) is 10.5. The highest BCUT2D eigenvalue weighted by atomic mass is 16.6. The average molecular weight is 371 g/mol. The van der Waals surface area contributed by atoms with E-state index in [1.165, 1.54) is 11.8 Å². The van der Waals surface area contributed by atoms with Gasteiger partial charge in [-0.15, -0.1) is 0 Å². The minimum Gasteiger partial charge on any atom is -0.451 e. The number of rotatable bonds is 4. The molecule has 1 aliphatic heterocycles. The van der Waals surface area contributed by atoms with Crippen molar-refractivity contribution in [1.29, 1.82) is 0 Å². The van der Waals surface area contributed by atoms with Crippen LogP contribution in [0.4, 0.5) is 9.59 Å². The first-order chi connectivity index (χ1) is 11.9. The van der Waals surface area contributed by atoms with E-state index >= 15 is 0 Å². The molecule has 1 rings (SSSR count). The Morgan fingerprint density at radius 1 is 1.12 bits per heavy atom. The molecule has 0 aromatic carbocycles. The Morgan fingerprint density at radius 3 is 2.27 bits per heavy atom. The molecular formula is C17H29N3O6. The first-order valence-corrected chi connectivity index (χ1v) is 8.72. The predicted octanol–water partition coefficient (Wildman–Crippen LogP) is 1.55. The highest BCUT2D eigenvalue weighted by Gasteiger charge is 2.38. The first kappa shape index (κ1) is 21.7. The minimum absolute atomic E-state index is 0.137. The molecule has 0 aromatic heterocycles. The number of imide groups is 1. The lowest BCUT2D eigenvalue weighted by Crippen LogP contribution is -2.48. The largest absolute Gasteiger partial charge is 0.451 e. The van der Waals surface area contributed by atoms with Crippen molar-refractivity contribution in [1.82, 2.24) is 15.5 Å². The zero-order valence-electron chi connectivity index (χ0n) is 16.3. The van der Waals surface area contributed by atoms with Crippen molar-refractivity contribution in [3.63, 3.8) is 0 Å². The van der Waals surface area contributed by atoms with Crippen LogP contribution in [0, 0.1) is 0 Å². The van der Waals surface area contributed by atoms with Gasteiger partial charge in [0.05, 0.1) is 0 Å². The lowest BCUT2D eigenvalue weighted by Gasteiger charge is -2.28. The molecule has 2 N–H and O–H groups in total. The maximum absolute atomic E-state index is 12.4. The van der Waals surface area contributed by atoms with Crippen LogP contribution >= 0.6 is 0 Å². The molecule has 1 heterocycles. The summed E-state index contributed by atoms with van der Waals surface area (Å²) in [7, 11) is 0. The SMILES string of the molecule is CC(C)NC(=O)NC(=O)[C@@H](C)OC(=O)[C@@H]1CCCN1C(=O)OC(C)(C)C. The molecule has 0 unspecified atom stereocenters. The van der Waals surface area contributed by atoms with E-state index in [9.17, 15) is 19.2 Å². The third-order valence-electron chi connectivity index (χ3n) is 3.47. The maximum Gasteiger partial charge on any atom is 0.411 e. The van der Waals surface area contributed by atoms with Gasteiger partial charge in [-0.2, -0.15) is 0 Å². The van der Waals surface area contributed by atoms with Crippen LogP contribution in [0.2, 0.25) is 0 Å². The van der Waals surface area contributed by atoms with E-state index in [1.807, 2.05) is 0 Å². The van der Waals surface area contributed by atoms with Crippen molar-refractivity contribution in [3.8, 4) is 0 Å². The lowest BCUT2D eigenvalue weighted by atomic mass is 10.2. The molecule has 4 amide bonds. The fraction of sp³-hybridized carbons (Fsp3) is 0.765. The molecule has 2 atom stereocenters. The number of nitrogens with one attached hydrogen (secondary N) is 2. The second-order valence-corrected chi connectivity index (χ2v) is 7.53. The predicted molar refractivity (Wildman–Crippen MR) is 93.3 cm³/mol. The van der Waals surface area contributed by atoms with Gasteiger partial charge in [0.1, 0.15) is 11.6 Å². The quantitative estimate of drug-likeness (QED) is 0.725. The summed E-state index contributed by atoms with van der Waals surface area (Å²) in [6, 6.07) is -1.60. The van der Waals surface area contributed by atoms with E-state index in [2.05, 4.69) is 10.6 Å². The topological polar surface area (TPSA) is 114 Å². The number of likely N-dealkylation sites (tertiary alicyclic amines) is 1. The second kappa shape index (κ2) is 8.86. The Morgan fingerprint density at radius 2 is 1.73 bits per heavy atom. The standard InChI is InChI=1S/C17H29N3O6/c1-10(2)18-15(23)19-13(21)11(3)25-14(22)12-8-7-9-20(12)16(24)26-17(4,5)6/h10-12H,7-9H2,1-6H3,(H2,18,19,21,23)/t11-,12+/m1/s1. The number of ether oxygens (including phenoxy) is 2. The summed E-state index contributed by atoms with van der Waals surface area (Å²) in [4.78, 5) is 49.3. The molecule has 0 aliphatic carbocycles. The molecule has 9 nitrogen and oxygen atoms in total. The van der Waals surface area contributed by atoms with Crippen LogP contribution < -0.4 is 10.6 Å². The van der Waals surface area contributed by atoms with Crippen molar-refractivity contribution in [3.05, 3.63) is 0 Å². The van der Waals surface area contributed by atoms with Gasteiger partial charge in [0.15, 0.2) is 6.10 Å². The van der Waals surface area contributed by atoms with Crippen LogP contribution in [0.25, 0.3) is 0 Å². The molecule has 0 radical (unpaired) electrons. The van der Waals surface area contributed by atoms with E-state index in [-0.39, 0.29) is 6.04 Å². The summed E-state index contributed by atoms with van der Waals surface area (Å²) in [5.41, 5.74) is -0.676. The summed E-state index contributed by atoms with van der Waals surface area (Å²) in [5.74, 6) is -1.43. The molecule has 0 bridgehead atoms. The molecule has 0 saturated carbocycles. The van der Waals surface area contributed by atoms with Gasteiger partial charge in [0, 0.05) is 12.6 Å². The maximum atomic E-state index is 12.4. The van der Waals surface area contributed by atoms with Crippen LogP contribution in [-0.2, 0) is 19.1 Å². The van der Waals surface area contributed by atoms with Crippen LogP contribution in [-0.4, -0.2) is 59.2 Å². The Labute approximate surface area is 153 Å². The number of hydrogen-bond donors (Lipinski definition) is 2. The van der Waals surface area contributed by atoms with Gasteiger partial charge in [-0.1, -0.05) is 0 Å². The Hall–Kier alpha value is -2.32. The van der Waals surface area contributed by atoms with Gasteiger partial charge in [0.25, 0.3) is 5.91 Å². The number of hydrogen-bond acceptors (Lipinski definition) is 6. The number of amides is 4. The fourth-order valence-electron chi connectivity index (χ4n) is 2.37. The summed E-state index contributed by atoms with van der Waals surface area (Å²) in [6.07, 6.45) is -0.691. The monoisotopic (exact) mass is 371 g/mol. The van der Waals surface area contributed by atoms with Gasteiger partial charge in [-0.05, 0) is 54.4 Å². The molecule has 1 fully saturated rings. The van der Waals surface area contributed by atoms with Gasteiger partial charge < -0.3 is 14.8 Å². The molecule has 148 valence electrons. The van der Waals surface area contributed by atoms with E-state index in [0.717, 1.165) is 0 Å². The first-order valence-electron chi connectivity index (χ1n) is 8.72. The van der Waals surface area contributed by atoms with Crippen molar-refractivity contribution in [2.45, 2.75) is 78.2 Å². The Bertz CT molecular complexity index is 555. The normalized spacial score (nSPS) is 18.3. The van der Waals surface area contributed by atoms with Crippen molar-refractivity contribution >= 4 is 24.0 Å². The zero-order valence-corrected chi connectivity index (χ0v) is 16.3. The van der Waals surface area contributed by atoms with Crippen molar-refractivity contribution in [2.75, 3.05) is 6.54 Å². The van der Waals surface area contributed by atoms with Gasteiger partial charge in [0.2, 0.25) is 0 Å². The summed E-state index contributed by atoms with van der Waals surface area (Å²) < 4.78 is 10.4. The summed E-state index contributed by atoms with van der Waals surface area (Å²) in [5, 5.41) is 4.60. The molecule has 0 spiro atoms. The molecule has 9 heteroatoms. The van der Waals surface area contributed by atoms with Crippen molar-refractivity contribution in [2.24, 2.45) is 0 Å².